The first-order valence-corrected chi connectivity index (χ1v) is 7.07. The lowest BCUT2D eigenvalue weighted by Gasteiger charge is -2.08. The molecule has 0 radical (unpaired) electrons. The van der Waals surface area contributed by atoms with Crippen LogP contribution < -0.4 is 15.8 Å². The van der Waals surface area contributed by atoms with Crippen LogP contribution in [0.15, 0.2) is 47.5 Å². The predicted molar refractivity (Wildman–Crippen MR) is 103 cm³/mol. The number of guanidine groups is 1. The molecule has 0 amide bonds. The molecule has 0 atom stereocenters. The van der Waals surface area contributed by atoms with Gasteiger partial charge in [0.05, 0.1) is 6.54 Å². The fourth-order valence-corrected chi connectivity index (χ4v) is 1.89. The van der Waals surface area contributed by atoms with Gasteiger partial charge in [0.25, 0.3) is 0 Å². The van der Waals surface area contributed by atoms with Gasteiger partial charge in [-0.2, -0.15) is 0 Å². The Hall–Kier alpha value is -1.83. The van der Waals surface area contributed by atoms with Gasteiger partial charge in [0.2, 0.25) is 0 Å². The topological polar surface area (TPSA) is 59.6 Å². The second-order valence-corrected chi connectivity index (χ2v) is 5.00. The van der Waals surface area contributed by atoms with E-state index in [1.807, 2.05) is 25.1 Å². The van der Waals surface area contributed by atoms with Crippen molar-refractivity contribution in [2.24, 2.45) is 10.7 Å². The molecule has 0 saturated heterocycles. The molecule has 0 aliphatic carbocycles. The van der Waals surface area contributed by atoms with Gasteiger partial charge >= 0.3 is 0 Å². The zero-order valence-corrected chi connectivity index (χ0v) is 15.5. The van der Waals surface area contributed by atoms with E-state index in [2.05, 4.69) is 17.2 Å². The molecule has 0 fully saturated rings. The second kappa shape index (κ2) is 9.34. The van der Waals surface area contributed by atoms with Gasteiger partial charge in [-0.05, 0) is 49.2 Å². The first kappa shape index (κ1) is 19.2. The summed E-state index contributed by atoms with van der Waals surface area (Å²) in [5.41, 5.74) is 9.13. The molecule has 0 aliphatic rings. The fourth-order valence-electron chi connectivity index (χ4n) is 1.89. The molecule has 0 aromatic heterocycles. The normalized spacial score (nSPS) is 10.8. The summed E-state index contributed by atoms with van der Waals surface area (Å²) < 4.78 is 18.4. The van der Waals surface area contributed by atoms with E-state index < -0.39 is 0 Å². The van der Waals surface area contributed by atoms with Gasteiger partial charge in [-0.25, -0.2) is 9.38 Å². The molecule has 0 spiro atoms. The number of anilines is 1. The number of aliphatic imine (C=N–C) groups is 1. The monoisotopic (exact) mass is 429 g/mol. The predicted octanol–water partition coefficient (Wildman–Crippen LogP) is 3.87. The lowest BCUT2D eigenvalue weighted by atomic mass is 10.1. The maximum Gasteiger partial charge on any atom is 0.193 e. The van der Waals surface area contributed by atoms with Crippen LogP contribution >= 0.6 is 24.0 Å². The SMILES string of the molecule is Cc1ccc(NC(N)=NCCOc2cccc(F)c2)cc1C.I. The van der Waals surface area contributed by atoms with Crippen LogP contribution in [-0.4, -0.2) is 19.1 Å². The van der Waals surface area contributed by atoms with Gasteiger partial charge < -0.3 is 15.8 Å². The molecular formula is C17H21FIN3O. The fraction of sp³-hybridized carbons (Fsp3) is 0.235. The van der Waals surface area contributed by atoms with Crippen molar-refractivity contribution in [1.82, 2.24) is 0 Å². The summed E-state index contributed by atoms with van der Waals surface area (Å²) in [6, 6.07) is 12.0. The standard InChI is InChI=1S/C17H20FN3O.HI/c1-12-6-7-15(10-13(12)2)21-17(19)20-8-9-22-16-5-3-4-14(18)11-16;/h3-7,10-11H,8-9H2,1-2H3,(H3,19,20,21);1H. The number of halogens is 2. The van der Waals surface area contributed by atoms with Crippen LogP contribution in [0.25, 0.3) is 0 Å². The average molecular weight is 429 g/mol. The van der Waals surface area contributed by atoms with E-state index in [4.69, 9.17) is 10.5 Å². The van der Waals surface area contributed by atoms with Gasteiger partial charge in [0, 0.05) is 11.8 Å². The number of nitrogens with one attached hydrogen (secondary N) is 1. The Kier molecular flexibility index (Phi) is 7.80. The Morgan fingerprint density at radius 2 is 1.96 bits per heavy atom. The Morgan fingerprint density at radius 3 is 2.65 bits per heavy atom. The molecule has 2 aromatic carbocycles. The van der Waals surface area contributed by atoms with Crippen molar-refractivity contribution >= 4 is 35.6 Å². The van der Waals surface area contributed by atoms with E-state index in [1.54, 1.807) is 12.1 Å². The molecule has 0 aliphatic heterocycles. The molecule has 0 bridgehead atoms. The zero-order valence-electron chi connectivity index (χ0n) is 13.2. The number of hydrogen-bond donors (Lipinski definition) is 2. The Labute approximate surface area is 153 Å². The van der Waals surface area contributed by atoms with E-state index in [0.717, 1.165) is 5.69 Å². The van der Waals surface area contributed by atoms with E-state index >= 15 is 0 Å². The number of hydrogen-bond acceptors (Lipinski definition) is 2. The summed E-state index contributed by atoms with van der Waals surface area (Å²) in [7, 11) is 0. The van der Waals surface area contributed by atoms with Crippen molar-refractivity contribution in [3.8, 4) is 5.75 Å². The summed E-state index contributed by atoms with van der Waals surface area (Å²) in [5.74, 6) is 0.485. The number of nitrogens with zero attached hydrogens (tertiary/aromatic N) is 1. The van der Waals surface area contributed by atoms with Gasteiger partial charge in [0.1, 0.15) is 18.2 Å². The Balaban J connectivity index is 0.00000264. The molecule has 0 unspecified atom stereocenters. The molecule has 4 nitrogen and oxygen atoms in total. The van der Waals surface area contributed by atoms with Crippen LogP contribution in [-0.2, 0) is 0 Å². The van der Waals surface area contributed by atoms with Crippen molar-refractivity contribution < 1.29 is 9.13 Å². The number of ether oxygens (including phenoxy) is 1. The number of nitrogens with two attached hydrogens (primary N) is 1. The third-order valence-corrected chi connectivity index (χ3v) is 3.22. The Morgan fingerprint density at radius 1 is 1.17 bits per heavy atom. The van der Waals surface area contributed by atoms with E-state index in [0.29, 0.717) is 24.9 Å². The van der Waals surface area contributed by atoms with Gasteiger partial charge in [-0.1, -0.05) is 12.1 Å². The number of rotatable bonds is 5. The summed E-state index contributed by atoms with van der Waals surface area (Å²) in [4.78, 5) is 4.17. The second-order valence-electron chi connectivity index (χ2n) is 5.00. The number of benzene rings is 2. The van der Waals surface area contributed by atoms with Crippen molar-refractivity contribution in [3.63, 3.8) is 0 Å². The zero-order chi connectivity index (χ0) is 15.9. The molecule has 6 heteroatoms. The third kappa shape index (κ3) is 6.43. The van der Waals surface area contributed by atoms with Crippen LogP contribution in [0, 0.1) is 19.7 Å². The highest BCUT2D eigenvalue weighted by Gasteiger charge is 1.99. The summed E-state index contributed by atoms with van der Waals surface area (Å²) in [6.45, 7) is 4.82. The highest BCUT2D eigenvalue weighted by Crippen LogP contribution is 2.14. The molecule has 2 rings (SSSR count). The van der Waals surface area contributed by atoms with E-state index in [-0.39, 0.29) is 29.8 Å². The molecule has 23 heavy (non-hydrogen) atoms. The maximum absolute atomic E-state index is 13.0. The minimum absolute atomic E-state index is 0. The van der Waals surface area contributed by atoms with Crippen LogP contribution in [0.4, 0.5) is 10.1 Å². The molecule has 0 heterocycles. The smallest absolute Gasteiger partial charge is 0.193 e. The van der Waals surface area contributed by atoms with E-state index in [9.17, 15) is 4.39 Å². The highest BCUT2D eigenvalue weighted by molar-refractivity contribution is 14.0. The molecule has 3 N–H and O–H groups in total. The van der Waals surface area contributed by atoms with Crippen LogP contribution in [0.2, 0.25) is 0 Å². The first-order valence-electron chi connectivity index (χ1n) is 7.07. The summed E-state index contributed by atoms with van der Waals surface area (Å²) >= 11 is 0. The first-order chi connectivity index (χ1) is 10.5. The lowest BCUT2D eigenvalue weighted by Crippen LogP contribution is -2.23. The molecule has 0 saturated carbocycles. The van der Waals surface area contributed by atoms with Gasteiger partial charge in [-0.15, -0.1) is 24.0 Å². The van der Waals surface area contributed by atoms with Gasteiger partial charge in [0.15, 0.2) is 5.96 Å². The van der Waals surface area contributed by atoms with Crippen molar-refractivity contribution in [3.05, 3.63) is 59.4 Å². The largest absolute Gasteiger partial charge is 0.492 e. The van der Waals surface area contributed by atoms with Crippen LogP contribution in [0.5, 0.6) is 5.75 Å². The molecule has 124 valence electrons. The molecule has 2 aromatic rings. The number of aryl methyl sites for hydroxylation is 2. The van der Waals surface area contributed by atoms with Crippen molar-refractivity contribution in [2.75, 3.05) is 18.5 Å². The van der Waals surface area contributed by atoms with Gasteiger partial charge in [-0.3, -0.25) is 0 Å². The van der Waals surface area contributed by atoms with Crippen molar-refractivity contribution in [2.45, 2.75) is 13.8 Å². The van der Waals surface area contributed by atoms with Crippen LogP contribution in [0.1, 0.15) is 11.1 Å². The molecular weight excluding hydrogens is 408 g/mol. The highest BCUT2D eigenvalue weighted by atomic mass is 127. The summed E-state index contributed by atoms with van der Waals surface area (Å²) in [6.07, 6.45) is 0. The third-order valence-electron chi connectivity index (χ3n) is 3.22. The summed E-state index contributed by atoms with van der Waals surface area (Å²) in [5, 5.41) is 3.03. The van der Waals surface area contributed by atoms with Crippen LogP contribution in [0.3, 0.4) is 0 Å². The van der Waals surface area contributed by atoms with Crippen molar-refractivity contribution in [1.29, 1.82) is 0 Å². The van der Waals surface area contributed by atoms with E-state index in [1.165, 1.54) is 23.3 Å². The Bertz CT molecular complexity index is 677. The average Bonchev–Trinajstić information content (AvgIpc) is 2.48. The quantitative estimate of drug-likeness (QED) is 0.329. The lowest BCUT2D eigenvalue weighted by molar-refractivity contribution is 0.327. The minimum Gasteiger partial charge on any atom is -0.492 e. The maximum atomic E-state index is 13.0. The minimum atomic E-state index is -0.322.